The summed E-state index contributed by atoms with van der Waals surface area (Å²) in [6.45, 7) is 15.5. The van der Waals surface area contributed by atoms with Crippen molar-refractivity contribution >= 4 is 5.97 Å². The molecule has 3 heteroatoms. The average Bonchev–Trinajstić information content (AvgIpc) is 2.97. The van der Waals surface area contributed by atoms with Crippen LogP contribution in [0.3, 0.4) is 0 Å². The standard InChI is InChI=1S/C24H38O3/c1-7-9-20(25)27-24(6)13-8-10-16(4)14-19-21-17(5)11-12-18(15(2)3)22(21)23(24)26-19/h10,15,18-19,21-23H,5,7-9,11-14H2,1-4,6H3/b16-10-. The zero-order chi connectivity index (χ0) is 19.8. The van der Waals surface area contributed by atoms with Crippen LogP contribution in [0.4, 0.5) is 0 Å². The summed E-state index contributed by atoms with van der Waals surface area (Å²) in [6.07, 6.45) is 8.79. The average molecular weight is 375 g/mol. The van der Waals surface area contributed by atoms with Crippen molar-refractivity contribution < 1.29 is 14.3 Å². The molecule has 2 heterocycles. The van der Waals surface area contributed by atoms with Gasteiger partial charge in [0.05, 0.1) is 6.10 Å². The predicted molar refractivity (Wildman–Crippen MR) is 109 cm³/mol. The molecule has 0 aromatic heterocycles. The Bertz CT molecular complexity index is 605. The van der Waals surface area contributed by atoms with E-state index in [1.165, 1.54) is 17.6 Å². The van der Waals surface area contributed by atoms with Gasteiger partial charge in [-0.05, 0) is 64.2 Å². The topological polar surface area (TPSA) is 35.5 Å². The smallest absolute Gasteiger partial charge is 0.306 e. The summed E-state index contributed by atoms with van der Waals surface area (Å²) < 4.78 is 12.9. The molecule has 2 fully saturated rings. The Morgan fingerprint density at radius 3 is 2.85 bits per heavy atom. The first-order valence-corrected chi connectivity index (χ1v) is 11.0. The normalized spacial score (nSPS) is 41.2. The lowest BCUT2D eigenvalue weighted by Gasteiger charge is -2.45. The van der Waals surface area contributed by atoms with Gasteiger partial charge in [-0.3, -0.25) is 4.79 Å². The van der Waals surface area contributed by atoms with E-state index in [1.54, 1.807) is 0 Å². The van der Waals surface area contributed by atoms with E-state index in [2.05, 4.69) is 40.3 Å². The Kier molecular flexibility index (Phi) is 6.20. The molecule has 0 N–H and O–H groups in total. The molecule has 1 saturated carbocycles. The van der Waals surface area contributed by atoms with Crippen LogP contribution in [0.5, 0.6) is 0 Å². The number of rotatable bonds is 4. The first kappa shape index (κ1) is 20.6. The summed E-state index contributed by atoms with van der Waals surface area (Å²) in [7, 11) is 0. The summed E-state index contributed by atoms with van der Waals surface area (Å²) >= 11 is 0. The molecular weight excluding hydrogens is 336 g/mol. The van der Waals surface area contributed by atoms with Gasteiger partial charge >= 0.3 is 5.97 Å². The monoisotopic (exact) mass is 374 g/mol. The highest BCUT2D eigenvalue weighted by Crippen LogP contribution is 2.55. The van der Waals surface area contributed by atoms with Crippen LogP contribution in [0.15, 0.2) is 23.8 Å². The highest BCUT2D eigenvalue weighted by Gasteiger charge is 2.58. The van der Waals surface area contributed by atoms with Gasteiger partial charge in [0, 0.05) is 18.3 Å². The second kappa shape index (κ2) is 8.11. The number of carbonyl (C=O) groups is 1. The number of fused-ring (bicyclic) bond motifs is 5. The lowest BCUT2D eigenvalue weighted by atomic mass is 9.61. The van der Waals surface area contributed by atoms with E-state index < -0.39 is 5.60 Å². The summed E-state index contributed by atoms with van der Waals surface area (Å²) in [5, 5.41) is 0. The van der Waals surface area contributed by atoms with Crippen LogP contribution in [-0.4, -0.2) is 23.8 Å². The van der Waals surface area contributed by atoms with Crippen LogP contribution in [0.1, 0.15) is 79.6 Å². The Labute approximate surface area is 165 Å². The number of ether oxygens (including phenoxy) is 2. The summed E-state index contributed by atoms with van der Waals surface area (Å²) in [5.74, 6) is 1.91. The molecule has 27 heavy (non-hydrogen) atoms. The number of hydrogen-bond acceptors (Lipinski definition) is 3. The van der Waals surface area contributed by atoms with Crippen LogP contribution >= 0.6 is 0 Å². The second-order valence-corrected chi connectivity index (χ2v) is 9.63. The molecule has 6 unspecified atom stereocenters. The highest BCUT2D eigenvalue weighted by atomic mass is 16.6. The summed E-state index contributed by atoms with van der Waals surface area (Å²) in [6, 6.07) is 0. The molecule has 1 saturated heterocycles. The van der Waals surface area contributed by atoms with E-state index in [9.17, 15) is 4.79 Å². The van der Waals surface area contributed by atoms with E-state index in [1.807, 2.05) is 6.92 Å². The van der Waals surface area contributed by atoms with Crippen molar-refractivity contribution in [3.63, 3.8) is 0 Å². The Morgan fingerprint density at radius 2 is 2.19 bits per heavy atom. The van der Waals surface area contributed by atoms with Crippen molar-refractivity contribution in [2.24, 2.45) is 23.7 Å². The SMILES string of the molecule is C=C1CCC(C(C)C)C2C1C1C/C(C)=C\CCC(C)(OC(=O)CCC)C2O1. The largest absolute Gasteiger partial charge is 0.457 e. The molecule has 3 rings (SSSR count). The molecule has 2 bridgehead atoms. The maximum Gasteiger partial charge on any atom is 0.306 e. The molecule has 152 valence electrons. The summed E-state index contributed by atoms with van der Waals surface area (Å²) in [4.78, 5) is 12.5. The maximum absolute atomic E-state index is 12.5. The fraction of sp³-hybridized carbons (Fsp3) is 0.792. The Hall–Kier alpha value is -1.09. The van der Waals surface area contributed by atoms with E-state index >= 15 is 0 Å². The quantitative estimate of drug-likeness (QED) is 0.458. The van der Waals surface area contributed by atoms with Gasteiger partial charge in [0.1, 0.15) is 11.7 Å². The molecule has 1 aliphatic carbocycles. The first-order chi connectivity index (χ1) is 12.8. The third kappa shape index (κ3) is 4.04. The molecule has 0 spiro atoms. The van der Waals surface area contributed by atoms with Gasteiger partial charge in [0.25, 0.3) is 0 Å². The Balaban J connectivity index is 2.00. The second-order valence-electron chi connectivity index (χ2n) is 9.63. The highest BCUT2D eigenvalue weighted by molar-refractivity contribution is 5.69. The van der Waals surface area contributed by atoms with Gasteiger partial charge in [-0.25, -0.2) is 0 Å². The molecule has 3 nitrogen and oxygen atoms in total. The van der Waals surface area contributed by atoms with E-state index in [-0.39, 0.29) is 18.2 Å². The minimum atomic E-state index is -0.560. The lowest BCUT2D eigenvalue weighted by Crippen LogP contribution is -2.50. The van der Waals surface area contributed by atoms with Crippen molar-refractivity contribution in [1.82, 2.24) is 0 Å². The molecule has 0 aromatic rings. The van der Waals surface area contributed by atoms with Gasteiger partial charge in [-0.2, -0.15) is 0 Å². The fourth-order valence-corrected chi connectivity index (χ4v) is 5.81. The maximum atomic E-state index is 12.5. The van der Waals surface area contributed by atoms with Crippen molar-refractivity contribution in [2.75, 3.05) is 0 Å². The van der Waals surface area contributed by atoms with E-state index in [0.29, 0.717) is 30.1 Å². The minimum absolute atomic E-state index is 0.0305. The third-order valence-electron chi connectivity index (χ3n) is 7.17. The van der Waals surface area contributed by atoms with Crippen LogP contribution in [-0.2, 0) is 14.3 Å². The Morgan fingerprint density at radius 1 is 1.44 bits per heavy atom. The van der Waals surface area contributed by atoms with Crippen molar-refractivity contribution in [3.05, 3.63) is 23.8 Å². The van der Waals surface area contributed by atoms with Crippen molar-refractivity contribution in [1.29, 1.82) is 0 Å². The van der Waals surface area contributed by atoms with Crippen LogP contribution in [0.25, 0.3) is 0 Å². The fourth-order valence-electron chi connectivity index (χ4n) is 5.81. The number of esters is 1. The zero-order valence-corrected chi connectivity index (χ0v) is 17.9. The van der Waals surface area contributed by atoms with Crippen LogP contribution in [0, 0.1) is 23.7 Å². The molecule has 0 amide bonds. The number of carbonyl (C=O) groups excluding carboxylic acids is 1. The first-order valence-electron chi connectivity index (χ1n) is 11.0. The van der Waals surface area contributed by atoms with Gasteiger partial charge in [0.2, 0.25) is 0 Å². The van der Waals surface area contributed by atoms with Crippen molar-refractivity contribution in [3.8, 4) is 0 Å². The zero-order valence-electron chi connectivity index (χ0n) is 17.9. The third-order valence-corrected chi connectivity index (χ3v) is 7.17. The van der Waals surface area contributed by atoms with Gasteiger partial charge in [-0.15, -0.1) is 0 Å². The molecule has 2 aliphatic heterocycles. The molecule has 6 atom stereocenters. The van der Waals surface area contributed by atoms with Gasteiger partial charge in [0.15, 0.2) is 0 Å². The minimum Gasteiger partial charge on any atom is -0.457 e. The number of hydrogen-bond donors (Lipinski definition) is 0. The molecular formula is C24H38O3. The van der Waals surface area contributed by atoms with Crippen LogP contribution in [0.2, 0.25) is 0 Å². The van der Waals surface area contributed by atoms with Crippen LogP contribution < -0.4 is 0 Å². The van der Waals surface area contributed by atoms with E-state index in [4.69, 9.17) is 9.47 Å². The molecule has 0 radical (unpaired) electrons. The molecule has 0 aromatic carbocycles. The predicted octanol–water partition coefficient (Wildman–Crippen LogP) is 5.84. The van der Waals surface area contributed by atoms with Crippen molar-refractivity contribution in [2.45, 2.75) is 97.4 Å². The van der Waals surface area contributed by atoms with E-state index in [0.717, 1.165) is 32.1 Å². The lowest BCUT2D eigenvalue weighted by molar-refractivity contribution is -0.181. The van der Waals surface area contributed by atoms with Gasteiger partial charge < -0.3 is 9.47 Å². The molecule has 3 aliphatic rings. The summed E-state index contributed by atoms with van der Waals surface area (Å²) in [5.41, 5.74) is 2.18. The number of allylic oxidation sites excluding steroid dienone is 1. The van der Waals surface area contributed by atoms with Gasteiger partial charge in [-0.1, -0.05) is 44.6 Å².